The van der Waals surface area contributed by atoms with Crippen LogP contribution in [0.1, 0.15) is 32.8 Å². The maximum atomic E-state index is 12.5. The van der Waals surface area contributed by atoms with Crippen LogP contribution in [0.3, 0.4) is 0 Å². The van der Waals surface area contributed by atoms with E-state index in [1.807, 2.05) is 31.2 Å². The first-order valence-corrected chi connectivity index (χ1v) is 7.21. The summed E-state index contributed by atoms with van der Waals surface area (Å²) in [7, 11) is 0. The predicted molar refractivity (Wildman–Crippen MR) is 81.5 cm³/mol. The summed E-state index contributed by atoms with van der Waals surface area (Å²) in [6.07, 6.45) is 1.87. The fourth-order valence-electron chi connectivity index (χ4n) is 2.46. The minimum atomic E-state index is -0.978. The van der Waals surface area contributed by atoms with E-state index in [-0.39, 0.29) is 18.6 Å². The van der Waals surface area contributed by atoms with E-state index < -0.39 is 11.4 Å². The largest absolute Gasteiger partial charge is 0.481 e. The lowest BCUT2D eigenvalue weighted by atomic mass is 9.94. The average molecular weight is 290 g/mol. The van der Waals surface area contributed by atoms with Crippen LogP contribution in [0.4, 0.5) is 10.5 Å². The smallest absolute Gasteiger partial charge is 0.322 e. The third kappa shape index (κ3) is 3.17. The molecule has 5 heteroatoms. The fraction of sp³-hybridized carbons (Fsp3) is 0.500. The number of urea groups is 1. The van der Waals surface area contributed by atoms with Crippen molar-refractivity contribution in [3.8, 4) is 0 Å². The van der Waals surface area contributed by atoms with Crippen molar-refractivity contribution < 1.29 is 14.7 Å². The number of benzene rings is 1. The first-order valence-electron chi connectivity index (χ1n) is 7.21. The van der Waals surface area contributed by atoms with Gasteiger partial charge in [0.2, 0.25) is 0 Å². The number of carboxylic acids is 1. The predicted octanol–water partition coefficient (Wildman–Crippen LogP) is 2.65. The van der Waals surface area contributed by atoms with Crippen molar-refractivity contribution in [3.63, 3.8) is 0 Å². The summed E-state index contributed by atoms with van der Waals surface area (Å²) >= 11 is 0. The van der Waals surface area contributed by atoms with Gasteiger partial charge in [-0.05, 0) is 45.2 Å². The molecule has 1 aromatic carbocycles. The van der Waals surface area contributed by atoms with E-state index in [1.54, 1.807) is 18.7 Å². The summed E-state index contributed by atoms with van der Waals surface area (Å²) in [5.41, 5.74) is 1.10. The molecular formula is C16H22N2O3. The molecule has 0 saturated heterocycles. The lowest BCUT2D eigenvalue weighted by Gasteiger charge is -2.35. The number of nitrogens with zero attached hydrogens (tertiary/aromatic N) is 1. The van der Waals surface area contributed by atoms with E-state index in [0.717, 1.165) is 24.1 Å². The van der Waals surface area contributed by atoms with Crippen molar-refractivity contribution in [1.82, 2.24) is 5.32 Å². The number of fused-ring (bicyclic) bond motifs is 1. The molecule has 2 rings (SSSR count). The van der Waals surface area contributed by atoms with Gasteiger partial charge in [-0.15, -0.1) is 0 Å². The zero-order chi connectivity index (χ0) is 15.6. The van der Waals surface area contributed by atoms with E-state index in [2.05, 4.69) is 5.32 Å². The van der Waals surface area contributed by atoms with Crippen molar-refractivity contribution in [2.75, 3.05) is 11.4 Å². The second-order valence-corrected chi connectivity index (χ2v) is 6.23. The summed E-state index contributed by atoms with van der Waals surface area (Å²) in [6, 6.07) is 7.73. The molecule has 114 valence electrons. The molecule has 2 N–H and O–H groups in total. The Hall–Kier alpha value is -2.04. The van der Waals surface area contributed by atoms with Crippen molar-refractivity contribution in [3.05, 3.63) is 29.8 Å². The molecule has 1 unspecified atom stereocenters. The second kappa shape index (κ2) is 5.76. The maximum Gasteiger partial charge on any atom is 0.322 e. The minimum Gasteiger partial charge on any atom is -0.481 e. The van der Waals surface area contributed by atoms with Crippen LogP contribution in [0.25, 0.3) is 0 Å². The first-order chi connectivity index (χ1) is 9.83. The number of nitrogens with one attached hydrogen (secondary N) is 1. The molecule has 0 fully saturated rings. The van der Waals surface area contributed by atoms with Crippen LogP contribution >= 0.6 is 0 Å². The number of para-hydroxylation sites is 1. The lowest BCUT2D eigenvalue weighted by Crippen LogP contribution is -2.50. The van der Waals surface area contributed by atoms with Crippen molar-refractivity contribution in [2.24, 2.45) is 5.41 Å². The third-order valence-corrected chi connectivity index (χ3v) is 4.00. The number of carboxylic acid groups (broad SMARTS) is 1. The lowest BCUT2D eigenvalue weighted by molar-refractivity contribution is -0.146. The van der Waals surface area contributed by atoms with Crippen LogP contribution in [0.5, 0.6) is 0 Å². The van der Waals surface area contributed by atoms with Crippen LogP contribution in [-0.2, 0) is 11.2 Å². The van der Waals surface area contributed by atoms with E-state index in [9.17, 15) is 9.59 Å². The van der Waals surface area contributed by atoms with Crippen LogP contribution in [0.15, 0.2) is 24.3 Å². The van der Waals surface area contributed by atoms with Gasteiger partial charge in [-0.25, -0.2) is 4.79 Å². The number of carbonyl (C=O) groups is 2. The molecule has 1 heterocycles. The second-order valence-electron chi connectivity index (χ2n) is 6.23. The zero-order valence-corrected chi connectivity index (χ0v) is 12.7. The molecule has 0 aliphatic carbocycles. The van der Waals surface area contributed by atoms with Crippen LogP contribution < -0.4 is 10.2 Å². The summed E-state index contributed by atoms with van der Waals surface area (Å²) in [6.45, 7) is 5.32. The molecule has 5 nitrogen and oxygen atoms in total. The molecule has 21 heavy (non-hydrogen) atoms. The molecule has 0 aromatic heterocycles. The molecule has 0 saturated carbocycles. The van der Waals surface area contributed by atoms with Gasteiger partial charge in [0, 0.05) is 18.3 Å². The summed E-state index contributed by atoms with van der Waals surface area (Å²) in [5.74, 6) is -0.921. The highest BCUT2D eigenvalue weighted by atomic mass is 16.4. The highest BCUT2D eigenvalue weighted by molar-refractivity contribution is 5.94. The Kier molecular flexibility index (Phi) is 4.21. The molecular weight excluding hydrogens is 268 g/mol. The Labute approximate surface area is 125 Å². The minimum absolute atomic E-state index is 0.104. The molecule has 2 amide bonds. The number of aryl methyl sites for hydroxylation is 1. The van der Waals surface area contributed by atoms with Gasteiger partial charge in [-0.2, -0.15) is 0 Å². The zero-order valence-electron chi connectivity index (χ0n) is 12.7. The van der Waals surface area contributed by atoms with Crippen LogP contribution in [0, 0.1) is 5.41 Å². The monoisotopic (exact) mass is 290 g/mol. The summed E-state index contributed by atoms with van der Waals surface area (Å²) in [5, 5.41) is 11.9. The Morgan fingerprint density at radius 1 is 1.38 bits per heavy atom. The Bertz CT molecular complexity index is 554. The van der Waals surface area contributed by atoms with E-state index in [1.165, 1.54) is 0 Å². The molecule has 0 bridgehead atoms. The van der Waals surface area contributed by atoms with Gasteiger partial charge >= 0.3 is 12.0 Å². The summed E-state index contributed by atoms with van der Waals surface area (Å²) < 4.78 is 0. The van der Waals surface area contributed by atoms with Crippen molar-refractivity contribution in [2.45, 2.75) is 39.7 Å². The van der Waals surface area contributed by atoms with Gasteiger partial charge in [-0.1, -0.05) is 18.2 Å². The van der Waals surface area contributed by atoms with Crippen LogP contribution in [-0.4, -0.2) is 29.7 Å². The summed E-state index contributed by atoms with van der Waals surface area (Å²) in [4.78, 5) is 25.3. The number of hydrogen-bond acceptors (Lipinski definition) is 2. The van der Waals surface area contributed by atoms with Gasteiger partial charge in [0.05, 0.1) is 5.41 Å². The van der Waals surface area contributed by atoms with Gasteiger partial charge in [0.15, 0.2) is 0 Å². The third-order valence-electron chi connectivity index (χ3n) is 4.00. The quantitative estimate of drug-likeness (QED) is 0.899. The highest BCUT2D eigenvalue weighted by Gasteiger charge is 2.31. The number of rotatable bonds is 3. The number of carbonyl (C=O) groups excluding carboxylic acids is 1. The van der Waals surface area contributed by atoms with Crippen LogP contribution in [0.2, 0.25) is 0 Å². The number of amides is 2. The SMILES string of the molecule is CC1CCc2ccccc2N1C(=O)NCC(C)(C)C(=O)O. The molecule has 1 aromatic rings. The van der Waals surface area contributed by atoms with Crippen molar-refractivity contribution in [1.29, 1.82) is 0 Å². The molecule has 0 radical (unpaired) electrons. The molecule has 1 aliphatic rings. The molecule has 0 spiro atoms. The van der Waals surface area contributed by atoms with E-state index in [4.69, 9.17) is 5.11 Å². The van der Waals surface area contributed by atoms with E-state index >= 15 is 0 Å². The topological polar surface area (TPSA) is 69.6 Å². The Morgan fingerprint density at radius 3 is 2.71 bits per heavy atom. The molecule has 1 aliphatic heterocycles. The number of aliphatic carboxylic acids is 1. The highest BCUT2D eigenvalue weighted by Crippen LogP contribution is 2.30. The van der Waals surface area contributed by atoms with Gasteiger partial charge in [0.25, 0.3) is 0 Å². The fourth-order valence-corrected chi connectivity index (χ4v) is 2.46. The van der Waals surface area contributed by atoms with Gasteiger partial charge < -0.3 is 10.4 Å². The maximum absolute atomic E-state index is 12.5. The standard InChI is InChI=1S/C16H22N2O3/c1-11-8-9-12-6-4-5-7-13(12)18(11)15(21)17-10-16(2,3)14(19)20/h4-7,11H,8-10H2,1-3H3,(H,17,21)(H,19,20). The van der Waals surface area contributed by atoms with Gasteiger partial charge in [0.1, 0.15) is 0 Å². The number of anilines is 1. The van der Waals surface area contributed by atoms with Crippen molar-refractivity contribution >= 4 is 17.7 Å². The first kappa shape index (κ1) is 15.4. The molecule has 1 atom stereocenters. The normalized spacial score (nSPS) is 18.0. The number of hydrogen-bond donors (Lipinski definition) is 2. The van der Waals surface area contributed by atoms with Gasteiger partial charge in [-0.3, -0.25) is 9.69 Å². The Morgan fingerprint density at radius 2 is 2.05 bits per heavy atom. The Balaban J connectivity index is 2.14. The van der Waals surface area contributed by atoms with E-state index in [0.29, 0.717) is 0 Å². The average Bonchev–Trinajstić information content (AvgIpc) is 2.44.